The van der Waals surface area contributed by atoms with Gasteiger partial charge in [0, 0.05) is 40.9 Å². The lowest BCUT2D eigenvalue weighted by molar-refractivity contribution is 0.0950. The fraction of sp³-hybridized carbons (Fsp3) is 0.636. The molecular formula is C11H17N3OS3. The lowest BCUT2D eigenvalue weighted by Crippen LogP contribution is -2.33. The highest BCUT2D eigenvalue weighted by atomic mass is 32.2. The zero-order chi connectivity index (χ0) is 12.8. The summed E-state index contributed by atoms with van der Waals surface area (Å²) < 4.78 is 0. The molecule has 1 fully saturated rings. The van der Waals surface area contributed by atoms with Crippen molar-refractivity contribution in [2.45, 2.75) is 11.7 Å². The minimum atomic E-state index is -0.0642. The van der Waals surface area contributed by atoms with Crippen molar-refractivity contribution in [1.82, 2.24) is 10.3 Å². The van der Waals surface area contributed by atoms with Gasteiger partial charge in [0.2, 0.25) is 0 Å². The summed E-state index contributed by atoms with van der Waals surface area (Å²) in [7, 11) is 0. The summed E-state index contributed by atoms with van der Waals surface area (Å²) in [6.07, 6.45) is 0.743. The van der Waals surface area contributed by atoms with Gasteiger partial charge in [-0.2, -0.15) is 23.5 Å². The second-order valence-corrected chi connectivity index (χ2v) is 7.44. The third kappa shape index (κ3) is 4.15. The number of carbonyl (C=O) groups excluding carboxylic acids is 1. The number of rotatable bonds is 5. The maximum absolute atomic E-state index is 11.9. The zero-order valence-electron chi connectivity index (χ0n) is 10.1. The third-order valence-corrected chi connectivity index (χ3v) is 6.27. The van der Waals surface area contributed by atoms with E-state index in [9.17, 15) is 4.79 Å². The van der Waals surface area contributed by atoms with Crippen molar-refractivity contribution in [3.05, 3.63) is 16.1 Å². The molecule has 1 aliphatic rings. The first-order valence-corrected chi connectivity index (χ1v) is 9.00. The Labute approximate surface area is 120 Å². The van der Waals surface area contributed by atoms with E-state index < -0.39 is 0 Å². The van der Waals surface area contributed by atoms with Gasteiger partial charge in [-0.25, -0.2) is 4.98 Å². The number of carbonyl (C=O) groups is 1. The van der Waals surface area contributed by atoms with E-state index >= 15 is 0 Å². The lowest BCUT2D eigenvalue weighted by Gasteiger charge is -2.20. The summed E-state index contributed by atoms with van der Waals surface area (Å²) in [6.45, 7) is 1.31. The Morgan fingerprint density at radius 2 is 2.44 bits per heavy atom. The van der Waals surface area contributed by atoms with Crippen molar-refractivity contribution in [3.8, 4) is 0 Å². The van der Waals surface area contributed by atoms with E-state index in [0.717, 1.165) is 23.7 Å². The van der Waals surface area contributed by atoms with Crippen LogP contribution in [0.15, 0.2) is 5.38 Å². The molecule has 1 unspecified atom stereocenters. The molecule has 0 aromatic carbocycles. The number of thioether (sulfide) groups is 2. The second-order valence-electron chi connectivity index (χ2n) is 3.94. The number of nitrogens with zero attached hydrogens (tertiary/aromatic N) is 1. The number of hydrogen-bond donors (Lipinski definition) is 2. The van der Waals surface area contributed by atoms with E-state index in [0.29, 0.717) is 17.5 Å². The van der Waals surface area contributed by atoms with Crippen LogP contribution in [0.1, 0.15) is 15.5 Å². The largest absolute Gasteiger partial charge is 0.350 e. The van der Waals surface area contributed by atoms with E-state index in [4.69, 9.17) is 5.73 Å². The summed E-state index contributed by atoms with van der Waals surface area (Å²) >= 11 is 5.41. The average Bonchev–Trinajstić information content (AvgIpc) is 2.86. The molecule has 1 aromatic heterocycles. The summed E-state index contributed by atoms with van der Waals surface area (Å²) in [5.41, 5.74) is 5.99. The van der Waals surface area contributed by atoms with Gasteiger partial charge in [0.25, 0.3) is 5.91 Å². The van der Waals surface area contributed by atoms with Crippen molar-refractivity contribution in [1.29, 1.82) is 0 Å². The molecule has 18 heavy (non-hydrogen) atoms. The molecule has 4 nitrogen and oxygen atoms in total. The number of aromatic nitrogens is 1. The Morgan fingerprint density at radius 3 is 3.17 bits per heavy atom. The van der Waals surface area contributed by atoms with Gasteiger partial charge < -0.3 is 11.1 Å². The highest BCUT2D eigenvalue weighted by molar-refractivity contribution is 8.06. The van der Waals surface area contributed by atoms with Crippen LogP contribution in [0.3, 0.4) is 0 Å². The maximum atomic E-state index is 11.9. The Balaban J connectivity index is 1.79. The molecule has 1 saturated heterocycles. The molecule has 0 saturated carbocycles. The highest BCUT2D eigenvalue weighted by Crippen LogP contribution is 2.23. The van der Waals surface area contributed by atoms with Crippen molar-refractivity contribution in [2.75, 3.05) is 30.3 Å². The normalized spacial score (nSPS) is 19.7. The van der Waals surface area contributed by atoms with Crippen LogP contribution in [0.25, 0.3) is 0 Å². The molecule has 0 radical (unpaired) electrons. The van der Waals surface area contributed by atoms with Crippen LogP contribution in [0.5, 0.6) is 0 Å². The lowest BCUT2D eigenvalue weighted by atomic mass is 10.4. The summed E-state index contributed by atoms with van der Waals surface area (Å²) in [6, 6.07) is 0. The van der Waals surface area contributed by atoms with Crippen LogP contribution in [0.2, 0.25) is 0 Å². The topological polar surface area (TPSA) is 68.0 Å². The molecule has 2 heterocycles. The molecule has 7 heteroatoms. The number of thiazole rings is 1. The smallest absolute Gasteiger partial charge is 0.270 e. The van der Waals surface area contributed by atoms with Crippen molar-refractivity contribution >= 4 is 40.8 Å². The van der Waals surface area contributed by atoms with Crippen LogP contribution in [-0.4, -0.2) is 46.5 Å². The average molecular weight is 303 g/mol. The van der Waals surface area contributed by atoms with Crippen LogP contribution >= 0.6 is 34.9 Å². The molecule has 1 atom stereocenters. The fourth-order valence-electron chi connectivity index (χ4n) is 1.61. The van der Waals surface area contributed by atoms with E-state index in [1.54, 1.807) is 0 Å². The van der Waals surface area contributed by atoms with E-state index in [1.807, 2.05) is 28.9 Å². The minimum absolute atomic E-state index is 0.0642. The number of nitrogens with one attached hydrogen (secondary N) is 1. The Morgan fingerprint density at radius 1 is 1.56 bits per heavy atom. The van der Waals surface area contributed by atoms with Gasteiger partial charge in [-0.1, -0.05) is 0 Å². The monoisotopic (exact) mass is 303 g/mol. The van der Waals surface area contributed by atoms with E-state index in [1.165, 1.54) is 22.8 Å². The molecule has 1 aliphatic heterocycles. The number of nitrogens with two attached hydrogens (primary N) is 1. The van der Waals surface area contributed by atoms with Gasteiger partial charge in [-0.05, 0) is 6.54 Å². The Bertz CT molecular complexity index is 391. The van der Waals surface area contributed by atoms with Gasteiger partial charge in [0.15, 0.2) is 0 Å². The van der Waals surface area contributed by atoms with Crippen LogP contribution < -0.4 is 11.1 Å². The quantitative estimate of drug-likeness (QED) is 0.856. The highest BCUT2D eigenvalue weighted by Gasteiger charge is 2.16. The van der Waals surface area contributed by atoms with E-state index in [-0.39, 0.29) is 5.91 Å². The predicted octanol–water partition coefficient (Wildman–Crippen LogP) is 1.22. The Hall–Kier alpha value is -0.240. The number of amides is 1. The van der Waals surface area contributed by atoms with Crippen molar-refractivity contribution in [3.63, 3.8) is 0 Å². The molecule has 0 aliphatic carbocycles. The predicted molar refractivity (Wildman–Crippen MR) is 80.8 cm³/mol. The molecule has 100 valence electrons. The van der Waals surface area contributed by atoms with Crippen molar-refractivity contribution in [2.24, 2.45) is 5.73 Å². The summed E-state index contributed by atoms with van der Waals surface area (Å²) in [5.74, 6) is 3.47. The molecule has 2 rings (SSSR count). The molecular weight excluding hydrogens is 286 g/mol. The Kier molecular flexibility index (Phi) is 5.81. The first-order valence-electron chi connectivity index (χ1n) is 5.91. The van der Waals surface area contributed by atoms with Gasteiger partial charge in [0.1, 0.15) is 5.69 Å². The molecule has 1 amide bonds. The summed E-state index contributed by atoms with van der Waals surface area (Å²) in [5, 5.41) is 6.24. The zero-order valence-corrected chi connectivity index (χ0v) is 12.5. The van der Waals surface area contributed by atoms with Gasteiger partial charge in [-0.3, -0.25) is 4.79 Å². The van der Waals surface area contributed by atoms with Gasteiger partial charge in [-0.15, -0.1) is 11.3 Å². The minimum Gasteiger partial charge on any atom is -0.350 e. The third-order valence-electron chi connectivity index (χ3n) is 2.52. The molecule has 1 aromatic rings. The first kappa shape index (κ1) is 14.2. The van der Waals surface area contributed by atoms with Gasteiger partial charge in [0.05, 0.1) is 5.01 Å². The molecule has 0 bridgehead atoms. The van der Waals surface area contributed by atoms with Crippen LogP contribution in [-0.2, 0) is 6.42 Å². The van der Waals surface area contributed by atoms with Crippen molar-refractivity contribution < 1.29 is 4.79 Å². The van der Waals surface area contributed by atoms with E-state index in [2.05, 4.69) is 10.3 Å². The SMILES string of the molecule is NCCc1nc(C(=O)NCC2CSCCS2)cs1. The van der Waals surface area contributed by atoms with Crippen LogP contribution in [0.4, 0.5) is 0 Å². The van der Waals surface area contributed by atoms with Crippen LogP contribution in [0, 0.1) is 0 Å². The second kappa shape index (κ2) is 7.37. The standard InChI is InChI=1S/C11H17N3OS3/c12-2-1-10-14-9(7-18-10)11(15)13-5-8-6-16-3-4-17-8/h7-8H,1-6,12H2,(H,13,15). The fourth-order valence-corrected chi connectivity index (χ4v) is 5.01. The molecule has 0 spiro atoms. The number of hydrogen-bond acceptors (Lipinski definition) is 6. The van der Waals surface area contributed by atoms with Gasteiger partial charge >= 0.3 is 0 Å². The molecule has 3 N–H and O–H groups in total. The first-order chi connectivity index (χ1) is 8.79. The maximum Gasteiger partial charge on any atom is 0.270 e. The summed E-state index contributed by atoms with van der Waals surface area (Å²) in [4.78, 5) is 16.2.